The highest BCUT2D eigenvalue weighted by molar-refractivity contribution is 7.85. The Morgan fingerprint density at radius 2 is 1.67 bits per heavy atom. The number of allylic oxidation sites excluding steroid dienone is 1. The standard InChI is InChI=1S/C28H20Cl2F3N5O4S/c1-41-22-12-18-21(13-23(22)42-2)36-27(38-26(18)37-25-19(29)10-15(4-3-9-34)11-20(25)30)43(40)14-24(39)35-17-7-5-16(6-8-17)28(31,32)33/h3-8,10-13H,14H2,1-2H3,(H,35,39)(H,36,37,38)/b4-3+. The van der Waals surface area contributed by atoms with Crippen LogP contribution < -0.4 is 20.1 Å². The maximum atomic E-state index is 13.2. The fourth-order valence-electron chi connectivity index (χ4n) is 3.81. The molecule has 9 nitrogen and oxygen atoms in total. The minimum absolute atomic E-state index is 0.0889. The number of amides is 1. The molecule has 0 saturated heterocycles. The third kappa shape index (κ3) is 7.53. The van der Waals surface area contributed by atoms with Crippen LogP contribution in [0.1, 0.15) is 11.1 Å². The molecule has 3 aromatic carbocycles. The first-order valence-electron chi connectivity index (χ1n) is 12.0. The predicted molar refractivity (Wildman–Crippen MR) is 158 cm³/mol. The van der Waals surface area contributed by atoms with E-state index >= 15 is 0 Å². The van der Waals surface area contributed by atoms with Crippen LogP contribution in [-0.4, -0.2) is 40.1 Å². The molecule has 1 aromatic heterocycles. The lowest BCUT2D eigenvalue weighted by Gasteiger charge is -2.15. The minimum Gasteiger partial charge on any atom is -0.493 e. The fraction of sp³-hybridized carbons (Fsp3) is 0.143. The number of benzene rings is 3. The topological polar surface area (TPSA) is 126 Å². The summed E-state index contributed by atoms with van der Waals surface area (Å²) in [6, 6.07) is 12.0. The first-order chi connectivity index (χ1) is 20.4. The Balaban J connectivity index is 1.69. The molecular formula is C28H20Cl2F3N5O4S. The van der Waals surface area contributed by atoms with E-state index in [9.17, 15) is 22.2 Å². The molecule has 1 heterocycles. The molecule has 1 amide bonds. The zero-order chi connectivity index (χ0) is 31.3. The van der Waals surface area contributed by atoms with Gasteiger partial charge in [0.25, 0.3) is 0 Å². The summed E-state index contributed by atoms with van der Waals surface area (Å²) in [5.41, 5.74) is 0.318. The van der Waals surface area contributed by atoms with E-state index in [1.54, 1.807) is 18.2 Å². The Morgan fingerprint density at radius 1 is 1.05 bits per heavy atom. The van der Waals surface area contributed by atoms with E-state index in [0.29, 0.717) is 22.4 Å². The molecular weight excluding hydrogens is 630 g/mol. The first kappa shape index (κ1) is 31.6. The summed E-state index contributed by atoms with van der Waals surface area (Å²) in [6.45, 7) is 0. The molecule has 15 heteroatoms. The maximum absolute atomic E-state index is 13.2. The van der Waals surface area contributed by atoms with Crippen LogP contribution in [0.3, 0.4) is 0 Å². The van der Waals surface area contributed by atoms with Crippen LogP contribution in [0, 0.1) is 11.3 Å². The molecule has 0 spiro atoms. The number of fused-ring (bicyclic) bond motifs is 1. The average Bonchev–Trinajstić information content (AvgIpc) is 2.96. The zero-order valence-electron chi connectivity index (χ0n) is 22.3. The van der Waals surface area contributed by atoms with Crippen LogP contribution in [0.5, 0.6) is 11.5 Å². The summed E-state index contributed by atoms with van der Waals surface area (Å²) in [5.74, 6) is -0.542. The zero-order valence-corrected chi connectivity index (χ0v) is 24.6. The smallest absolute Gasteiger partial charge is 0.416 e. The maximum Gasteiger partial charge on any atom is 0.416 e. The third-order valence-corrected chi connectivity index (χ3v) is 7.51. The highest BCUT2D eigenvalue weighted by Crippen LogP contribution is 2.39. The van der Waals surface area contributed by atoms with Crippen molar-refractivity contribution < 1.29 is 31.6 Å². The second kappa shape index (κ2) is 13.3. The second-order valence-electron chi connectivity index (χ2n) is 8.64. The van der Waals surface area contributed by atoms with Crippen molar-refractivity contribution in [1.29, 1.82) is 5.26 Å². The summed E-state index contributed by atoms with van der Waals surface area (Å²) >= 11 is 13.0. The van der Waals surface area contributed by atoms with Crippen molar-refractivity contribution in [3.8, 4) is 17.6 Å². The molecule has 222 valence electrons. The van der Waals surface area contributed by atoms with Crippen molar-refractivity contribution in [3.05, 3.63) is 75.8 Å². The van der Waals surface area contributed by atoms with Gasteiger partial charge < -0.3 is 20.1 Å². The molecule has 0 aliphatic carbocycles. The summed E-state index contributed by atoms with van der Waals surface area (Å²) in [6.07, 6.45) is -1.74. The highest BCUT2D eigenvalue weighted by atomic mass is 35.5. The van der Waals surface area contributed by atoms with E-state index in [-0.39, 0.29) is 37.9 Å². The first-order valence-corrected chi connectivity index (χ1v) is 14.1. The molecule has 0 bridgehead atoms. The van der Waals surface area contributed by atoms with Crippen molar-refractivity contribution in [2.75, 3.05) is 30.6 Å². The number of hydrogen-bond donors (Lipinski definition) is 2. The van der Waals surface area contributed by atoms with E-state index < -0.39 is 34.2 Å². The Bertz CT molecular complexity index is 1770. The summed E-state index contributed by atoms with van der Waals surface area (Å²) in [5, 5.41) is 14.8. The molecule has 43 heavy (non-hydrogen) atoms. The molecule has 4 rings (SSSR count). The van der Waals surface area contributed by atoms with Gasteiger partial charge in [0.15, 0.2) is 11.5 Å². The predicted octanol–water partition coefficient (Wildman–Crippen LogP) is 7.00. The van der Waals surface area contributed by atoms with Crippen molar-refractivity contribution >= 4 is 74.1 Å². The Labute approximate surface area is 255 Å². The number of alkyl halides is 3. The Hall–Kier alpha value is -4.38. The average molecular weight is 650 g/mol. The number of aromatic nitrogens is 2. The summed E-state index contributed by atoms with van der Waals surface area (Å²) in [7, 11) is 0.773. The molecule has 4 aromatic rings. The van der Waals surface area contributed by atoms with E-state index in [4.69, 9.17) is 37.9 Å². The SMILES string of the molecule is COc1cc2nc(S(=O)CC(=O)Nc3ccc(C(F)(F)F)cc3)nc(Nc3c(Cl)cc(/C=C/C#N)cc3Cl)c2cc1OC. The lowest BCUT2D eigenvalue weighted by Crippen LogP contribution is -2.21. The number of rotatable bonds is 9. The van der Waals surface area contributed by atoms with Crippen molar-refractivity contribution in [3.63, 3.8) is 0 Å². The largest absolute Gasteiger partial charge is 0.493 e. The lowest BCUT2D eigenvalue weighted by molar-refractivity contribution is -0.137. The van der Waals surface area contributed by atoms with Gasteiger partial charge in [-0.05, 0) is 54.1 Å². The number of carbonyl (C=O) groups is 1. The number of nitrogens with one attached hydrogen (secondary N) is 2. The van der Waals surface area contributed by atoms with Gasteiger partial charge in [-0.25, -0.2) is 9.97 Å². The van der Waals surface area contributed by atoms with Gasteiger partial charge in [-0.15, -0.1) is 0 Å². The number of halogens is 5. The van der Waals surface area contributed by atoms with Crippen LogP contribution in [0.2, 0.25) is 10.0 Å². The van der Waals surface area contributed by atoms with Gasteiger partial charge in [-0.2, -0.15) is 18.4 Å². The highest BCUT2D eigenvalue weighted by Gasteiger charge is 2.30. The number of nitriles is 1. The number of nitrogens with zero attached hydrogens (tertiary/aromatic N) is 3. The molecule has 0 aliphatic rings. The molecule has 0 saturated carbocycles. The van der Waals surface area contributed by atoms with Crippen LogP contribution in [0.15, 0.2) is 59.8 Å². The van der Waals surface area contributed by atoms with Crippen LogP contribution in [-0.2, 0) is 21.8 Å². The molecule has 2 N–H and O–H groups in total. The number of ether oxygens (including phenoxy) is 2. The van der Waals surface area contributed by atoms with Crippen molar-refractivity contribution in [2.45, 2.75) is 11.3 Å². The fourth-order valence-corrected chi connectivity index (χ4v) is 5.25. The van der Waals surface area contributed by atoms with Crippen LogP contribution >= 0.6 is 23.2 Å². The quantitative estimate of drug-likeness (QED) is 0.147. The number of methoxy groups -OCH3 is 2. The van der Waals surface area contributed by atoms with E-state index in [1.165, 1.54) is 32.4 Å². The van der Waals surface area contributed by atoms with E-state index in [1.807, 2.05) is 6.07 Å². The van der Waals surface area contributed by atoms with Crippen LogP contribution in [0.25, 0.3) is 17.0 Å². The summed E-state index contributed by atoms with van der Waals surface area (Å²) in [4.78, 5) is 21.3. The van der Waals surface area contributed by atoms with E-state index in [0.717, 1.165) is 24.3 Å². The molecule has 0 fully saturated rings. The monoisotopic (exact) mass is 649 g/mol. The number of hydrogen-bond acceptors (Lipinski definition) is 8. The van der Waals surface area contributed by atoms with Gasteiger partial charge in [0, 0.05) is 23.2 Å². The normalized spacial score (nSPS) is 12.1. The van der Waals surface area contributed by atoms with Crippen molar-refractivity contribution in [1.82, 2.24) is 9.97 Å². The van der Waals surface area contributed by atoms with Gasteiger partial charge >= 0.3 is 6.18 Å². The number of carbonyl (C=O) groups excluding carboxylic acids is 1. The van der Waals surface area contributed by atoms with Gasteiger partial charge in [0.05, 0.1) is 47.1 Å². The van der Waals surface area contributed by atoms with E-state index in [2.05, 4.69) is 20.6 Å². The third-order valence-electron chi connectivity index (χ3n) is 5.80. The van der Waals surface area contributed by atoms with Gasteiger partial charge in [-0.1, -0.05) is 23.2 Å². The Morgan fingerprint density at radius 3 is 2.26 bits per heavy atom. The second-order valence-corrected chi connectivity index (χ2v) is 10.8. The van der Waals surface area contributed by atoms with Crippen molar-refractivity contribution in [2.24, 2.45) is 0 Å². The van der Waals surface area contributed by atoms with Gasteiger partial charge in [0.2, 0.25) is 11.1 Å². The molecule has 0 radical (unpaired) electrons. The van der Waals surface area contributed by atoms with Crippen LogP contribution in [0.4, 0.5) is 30.4 Å². The Kier molecular flexibility index (Phi) is 9.75. The molecule has 0 aliphatic heterocycles. The molecule has 1 unspecified atom stereocenters. The number of anilines is 3. The van der Waals surface area contributed by atoms with Gasteiger partial charge in [-0.3, -0.25) is 9.00 Å². The molecule has 1 atom stereocenters. The summed E-state index contributed by atoms with van der Waals surface area (Å²) < 4.78 is 62.5. The lowest BCUT2D eigenvalue weighted by atomic mass is 10.1. The minimum atomic E-state index is -4.53. The van der Waals surface area contributed by atoms with Gasteiger partial charge in [0.1, 0.15) is 22.4 Å².